The van der Waals surface area contributed by atoms with Gasteiger partial charge in [0.15, 0.2) is 17.5 Å². The first-order chi connectivity index (χ1) is 34.2. The van der Waals surface area contributed by atoms with Gasteiger partial charge in [0.1, 0.15) is 22.3 Å². The van der Waals surface area contributed by atoms with Gasteiger partial charge in [-0.05, 0) is 58.7 Å². The van der Waals surface area contributed by atoms with E-state index in [4.69, 9.17) is 23.8 Å². The lowest BCUT2D eigenvalue weighted by Gasteiger charge is -2.10. The highest BCUT2D eigenvalue weighted by Gasteiger charge is 2.22. The molecule has 6 nitrogen and oxygen atoms in total. The zero-order chi connectivity index (χ0) is 45.4. The molecule has 14 aromatic rings. The third-order valence-corrected chi connectivity index (χ3v) is 13.5. The Morgan fingerprint density at radius 3 is 1.54 bits per heavy atom. The molecule has 0 atom stereocenters. The van der Waals surface area contributed by atoms with Crippen molar-refractivity contribution in [2.24, 2.45) is 0 Å². The van der Waals surface area contributed by atoms with Crippen molar-refractivity contribution in [1.82, 2.24) is 19.5 Å². The Balaban J connectivity index is 0.895. The second-order valence-corrected chi connectivity index (χ2v) is 17.5. The van der Waals surface area contributed by atoms with Gasteiger partial charge in [0, 0.05) is 71.9 Å². The monoisotopic (exact) mass is 882 g/mol. The zero-order valence-electron chi connectivity index (χ0n) is 37.0. The van der Waals surface area contributed by atoms with Gasteiger partial charge in [0.25, 0.3) is 0 Å². The van der Waals surface area contributed by atoms with Crippen LogP contribution in [0.5, 0.6) is 0 Å². The molecule has 0 radical (unpaired) electrons. The molecular formula is C63H38N4O2. The minimum absolute atomic E-state index is 0.569. The predicted molar refractivity (Wildman–Crippen MR) is 281 cm³/mol. The Bertz CT molecular complexity index is 4290. The van der Waals surface area contributed by atoms with Crippen LogP contribution in [0, 0.1) is 0 Å². The Labute approximate surface area is 396 Å². The van der Waals surface area contributed by atoms with Crippen LogP contribution in [0.1, 0.15) is 0 Å². The van der Waals surface area contributed by atoms with Crippen LogP contribution in [0.15, 0.2) is 239 Å². The van der Waals surface area contributed by atoms with Gasteiger partial charge in [0.2, 0.25) is 0 Å². The fraction of sp³-hybridized carbons (Fsp3) is 0. The number of rotatable bonds is 7. The lowest BCUT2D eigenvalue weighted by Crippen LogP contribution is -2.00. The van der Waals surface area contributed by atoms with Crippen molar-refractivity contribution in [2.45, 2.75) is 0 Å². The average molecular weight is 883 g/mol. The van der Waals surface area contributed by atoms with Gasteiger partial charge < -0.3 is 13.4 Å². The molecule has 322 valence electrons. The zero-order valence-corrected chi connectivity index (χ0v) is 37.0. The van der Waals surface area contributed by atoms with Crippen LogP contribution < -0.4 is 0 Å². The van der Waals surface area contributed by atoms with Crippen molar-refractivity contribution in [1.29, 1.82) is 0 Å². The number of aromatic nitrogens is 4. The predicted octanol–water partition coefficient (Wildman–Crippen LogP) is 16.8. The minimum atomic E-state index is 0.569. The highest BCUT2D eigenvalue weighted by molar-refractivity contribution is 6.18. The molecule has 10 aromatic carbocycles. The van der Waals surface area contributed by atoms with E-state index >= 15 is 0 Å². The minimum Gasteiger partial charge on any atom is -0.455 e. The van der Waals surface area contributed by atoms with Gasteiger partial charge in [-0.1, -0.05) is 188 Å². The number of fused-ring (bicyclic) bond motifs is 9. The maximum atomic E-state index is 6.95. The summed E-state index contributed by atoms with van der Waals surface area (Å²) in [5.41, 5.74) is 15.7. The summed E-state index contributed by atoms with van der Waals surface area (Å²) in [5.74, 6) is 1.77. The Hall–Kier alpha value is -9.39. The summed E-state index contributed by atoms with van der Waals surface area (Å²) in [6.07, 6.45) is 0. The van der Waals surface area contributed by atoms with Crippen LogP contribution in [0.3, 0.4) is 0 Å². The summed E-state index contributed by atoms with van der Waals surface area (Å²) in [5, 5.41) is 6.42. The summed E-state index contributed by atoms with van der Waals surface area (Å²) < 4.78 is 16.2. The average Bonchev–Trinajstić information content (AvgIpc) is 4.11. The number of hydrogen-bond donors (Lipinski definition) is 0. The fourth-order valence-corrected chi connectivity index (χ4v) is 10.2. The first-order valence-electron chi connectivity index (χ1n) is 23.2. The van der Waals surface area contributed by atoms with E-state index in [9.17, 15) is 0 Å². The fourth-order valence-electron chi connectivity index (χ4n) is 10.2. The van der Waals surface area contributed by atoms with Crippen LogP contribution in [0.2, 0.25) is 0 Å². The van der Waals surface area contributed by atoms with Crippen molar-refractivity contribution in [3.63, 3.8) is 0 Å². The lowest BCUT2D eigenvalue weighted by atomic mass is 9.98. The van der Waals surface area contributed by atoms with E-state index in [2.05, 4.69) is 187 Å². The van der Waals surface area contributed by atoms with E-state index in [1.165, 1.54) is 21.9 Å². The topological polar surface area (TPSA) is 69.9 Å². The van der Waals surface area contributed by atoms with Crippen molar-refractivity contribution in [3.05, 3.63) is 231 Å². The number of furan rings is 2. The van der Waals surface area contributed by atoms with Crippen LogP contribution >= 0.6 is 0 Å². The molecule has 6 heteroatoms. The first kappa shape index (κ1) is 38.8. The normalized spacial score (nSPS) is 11.8. The van der Waals surface area contributed by atoms with Crippen LogP contribution in [0.25, 0.3) is 139 Å². The molecule has 0 amide bonds. The van der Waals surface area contributed by atoms with Crippen molar-refractivity contribution >= 4 is 65.7 Å². The van der Waals surface area contributed by atoms with E-state index in [0.717, 1.165) is 99.5 Å². The SMILES string of the molecule is c1ccc(-c2ccc(-c3nc(-c4ccccc4)nc(-c4cccc5oc6c(-c7cccc8c7oc7cc(-n9c%10ccccc%10c%10cc(-c%11ccccc%11)ccc%109)ccc78)cccc6c45)n3)cc2)cc1. The maximum Gasteiger partial charge on any atom is 0.164 e. The molecule has 4 aromatic heterocycles. The molecule has 0 fully saturated rings. The molecule has 0 bridgehead atoms. The Morgan fingerprint density at radius 1 is 0.290 bits per heavy atom. The molecule has 0 N–H and O–H groups in total. The Kier molecular flexibility index (Phi) is 8.79. The lowest BCUT2D eigenvalue weighted by molar-refractivity contribution is 0.665. The van der Waals surface area contributed by atoms with E-state index < -0.39 is 0 Å². The van der Waals surface area contributed by atoms with Gasteiger partial charge >= 0.3 is 0 Å². The van der Waals surface area contributed by atoms with E-state index in [1.807, 2.05) is 48.5 Å². The molecule has 14 rings (SSSR count). The van der Waals surface area contributed by atoms with Gasteiger partial charge in [-0.3, -0.25) is 0 Å². The standard InChI is InChI=1S/C63H38N4O2/c1-4-15-39(16-5-1)41-29-31-43(32-30-41)62-64-61(42-19-8-3-9-20-42)65-63(66-62)52-26-14-28-56-58(52)51-25-13-24-50(60(51)68-56)49-23-12-22-48-47-35-34-45(38-57(47)69-59(48)49)67-54-27-11-10-21-46(54)53-37-44(33-36-55(53)67)40-17-6-2-7-18-40/h1-38H. The highest BCUT2D eigenvalue weighted by atomic mass is 16.3. The highest BCUT2D eigenvalue weighted by Crippen LogP contribution is 2.44. The first-order valence-corrected chi connectivity index (χ1v) is 23.2. The number of hydrogen-bond acceptors (Lipinski definition) is 5. The molecular weight excluding hydrogens is 845 g/mol. The van der Waals surface area contributed by atoms with Crippen molar-refractivity contribution in [2.75, 3.05) is 0 Å². The van der Waals surface area contributed by atoms with E-state index in [0.29, 0.717) is 17.5 Å². The van der Waals surface area contributed by atoms with Gasteiger partial charge in [0.05, 0.1) is 11.0 Å². The third kappa shape index (κ3) is 6.38. The summed E-state index contributed by atoms with van der Waals surface area (Å²) in [6.45, 7) is 0. The van der Waals surface area contributed by atoms with Gasteiger partial charge in [-0.15, -0.1) is 0 Å². The number of para-hydroxylation sites is 3. The molecule has 69 heavy (non-hydrogen) atoms. The quantitative estimate of drug-likeness (QED) is 0.159. The molecule has 0 aliphatic carbocycles. The maximum absolute atomic E-state index is 6.95. The van der Waals surface area contributed by atoms with Crippen LogP contribution in [-0.4, -0.2) is 19.5 Å². The molecule has 0 aliphatic heterocycles. The van der Waals surface area contributed by atoms with Gasteiger partial charge in [-0.2, -0.15) is 0 Å². The second kappa shape index (κ2) is 15.6. The number of nitrogens with zero attached hydrogens (tertiary/aromatic N) is 4. The summed E-state index contributed by atoms with van der Waals surface area (Å²) >= 11 is 0. The van der Waals surface area contributed by atoms with E-state index in [-0.39, 0.29) is 0 Å². The largest absolute Gasteiger partial charge is 0.455 e. The molecule has 0 saturated carbocycles. The molecule has 0 unspecified atom stereocenters. The number of benzene rings is 10. The van der Waals surface area contributed by atoms with Gasteiger partial charge in [-0.25, -0.2) is 15.0 Å². The smallest absolute Gasteiger partial charge is 0.164 e. The summed E-state index contributed by atoms with van der Waals surface area (Å²) in [4.78, 5) is 15.4. The second-order valence-electron chi connectivity index (χ2n) is 17.5. The third-order valence-electron chi connectivity index (χ3n) is 13.5. The summed E-state index contributed by atoms with van der Waals surface area (Å²) in [7, 11) is 0. The molecule has 0 aliphatic rings. The molecule has 4 heterocycles. The van der Waals surface area contributed by atoms with Crippen molar-refractivity contribution < 1.29 is 8.83 Å². The molecule has 0 saturated heterocycles. The molecule has 0 spiro atoms. The summed E-state index contributed by atoms with van der Waals surface area (Å²) in [6, 6.07) is 80.2. The van der Waals surface area contributed by atoms with Crippen LogP contribution in [0.4, 0.5) is 0 Å². The Morgan fingerprint density at radius 2 is 0.797 bits per heavy atom. The van der Waals surface area contributed by atoms with Crippen molar-refractivity contribution in [3.8, 4) is 73.2 Å². The van der Waals surface area contributed by atoms with Crippen LogP contribution in [-0.2, 0) is 0 Å². The van der Waals surface area contributed by atoms with E-state index in [1.54, 1.807) is 0 Å².